The number of nitrogens with one attached hydrogen (secondary N) is 2. The van der Waals surface area contributed by atoms with Crippen LogP contribution in [-0.4, -0.2) is 38.9 Å². The summed E-state index contributed by atoms with van der Waals surface area (Å²) in [4.78, 5) is 11.9. The van der Waals surface area contributed by atoms with Crippen molar-refractivity contribution in [2.45, 2.75) is 24.9 Å². The lowest BCUT2D eigenvalue weighted by atomic mass is 9.77. The number of hydrogen-bond donors (Lipinski definition) is 2. The molecule has 2 aliphatic rings. The number of carbonyl (C=O) groups is 1. The molecular formula is C22H25FN2O3. The summed E-state index contributed by atoms with van der Waals surface area (Å²) >= 11 is 0. The number of hydrogen-bond acceptors (Lipinski definition) is 4. The van der Waals surface area contributed by atoms with E-state index >= 15 is 0 Å². The highest BCUT2D eigenvalue weighted by molar-refractivity contribution is 5.98. The Morgan fingerprint density at radius 3 is 2.68 bits per heavy atom. The van der Waals surface area contributed by atoms with E-state index in [-0.39, 0.29) is 23.8 Å². The molecule has 2 aromatic carbocycles. The summed E-state index contributed by atoms with van der Waals surface area (Å²) < 4.78 is 25.0. The predicted molar refractivity (Wildman–Crippen MR) is 105 cm³/mol. The van der Waals surface area contributed by atoms with Crippen molar-refractivity contribution in [3.05, 3.63) is 59.2 Å². The van der Waals surface area contributed by atoms with Crippen molar-refractivity contribution in [2.24, 2.45) is 5.92 Å². The highest BCUT2D eigenvalue weighted by atomic mass is 19.1. The first-order valence-corrected chi connectivity index (χ1v) is 9.67. The lowest BCUT2D eigenvalue weighted by molar-refractivity contribution is 0.0965. The molecule has 0 unspecified atom stereocenters. The highest BCUT2D eigenvalue weighted by Crippen LogP contribution is 2.35. The molecule has 28 heavy (non-hydrogen) atoms. The quantitative estimate of drug-likeness (QED) is 0.804. The summed E-state index contributed by atoms with van der Waals surface area (Å²) in [6, 6.07) is 13.3. The second kappa shape index (κ2) is 8.19. The van der Waals surface area contributed by atoms with Gasteiger partial charge in [-0.05, 0) is 54.3 Å². The number of piperidine rings is 1. The van der Waals surface area contributed by atoms with Gasteiger partial charge in [-0.2, -0.15) is 0 Å². The lowest BCUT2D eigenvalue weighted by Crippen LogP contribution is -2.48. The van der Waals surface area contributed by atoms with E-state index < -0.39 is 6.67 Å². The first-order valence-electron chi connectivity index (χ1n) is 9.67. The second-order valence-electron chi connectivity index (χ2n) is 7.36. The summed E-state index contributed by atoms with van der Waals surface area (Å²) in [5.74, 6) is 1.58. The van der Waals surface area contributed by atoms with Crippen molar-refractivity contribution in [3.63, 3.8) is 0 Å². The van der Waals surface area contributed by atoms with E-state index in [2.05, 4.69) is 22.8 Å². The maximum absolute atomic E-state index is 13.7. The monoisotopic (exact) mass is 384 g/mol. The van der Waals surface area contributed by atoms with Gasteiger partial charge in [0.15, 0.2) is 0 Å². The van der Waals surface area contributed by atoms with Crippen LogP contribution in [0.5, 0.6) is 11.5 Å². The van der Waals surface area contributed by atoms with Crippen LogP contribution in [0.4, 0.5) is 4.39 Å². The molecule has 2 N–H and O–H groups in total. The van der Waals surface area contributed by atoms with Crippen LogP contribution >= 0.6 is 0 Å². The summed E-state index contributed by atoms with van der Waals surface area (Å²) in [6.45, 7) is 1.29. The Morgan fingerprint density at radius 2 is 1.93 bits per heavy atom. The predicted octanol–water partition coefficient (Wildman–Crippen LogP) is 3.05. The van der Waals surface area contributed by atoms with Gasteiger partial charge < -0.3 is 20.1 Å². The number of amides is 1. The number of halogens is 1. The Labute approximate surface area is 164 Å². The van der Waals surface area contributed by atoms with Crippen LogP contribution in [-0.2, 0) is 6.54 Å². The average molecular weight is 384 g/mol. The molecule has 0 saturated carbocycles. The van der Waals surface area contributed by atoms with Gasteiger partial charge >= 0.3 is 0 Å². The van der Waals surface area contributed by atoms with E-state index in [9.17, 15) is 9.18 Å². The fourth-order valence-electron chi connectivity index (χ4n) is 4.21. The van der Waals surface area contributed by atoms with Crippen LogP contribution in [0.2, 0.25) is 0 Å². The molecule has 2 aliphatic heterocycles. The summed E-state index contributed by atoms with van der Waals surface area (Å²) in [5.41, 5.74) is 2.81. The number of rotatable bonds is 6. The summed E-state index contributed by atoms with van der Waals surface area (Å²) in [6.07, 6.45) is 0.920. The highest BCUT2D eigenvalue weighted by Gasteiger charge is 2.35. The number of ether oxygens (including phenoxy) is 2. The molecule has 0 spiro atoms. The van der Waals surface area contributed by atoms with Crippen molar-refractivity contribution in [1.82, 2.24) is 10.6 Å². The Bertz CT molecular complexity index is 840. The zero-order chi connectivity index (χ0) is 19.5. The Balaban J connectivity index is 1.52. The number of methoxy groups -OCH3 is 1. The molecule has 148 valence electrons. The average Bonchev–Trinajstić information content (AvgIpc) is 3.12. The zero-order valence-corrected chi connectivity index (χ0v) is 15.9. The van der Waals surface area contributed by atoms with Gasteiger partial charge in [0.1, 0.15) is 18.2 Å². The van der Waals surface area contributed by atoms with E-state index in [0.29, 0.717) is 24.5 Å². The number of carbonyl (C=O) groups excluding carboxylic acids is 1. The van der Waals surface area contributed by atoms with Crippen LogP contribution in [0, 0.1) is 5.92 Å². The third-order valence-corrected chi connectivity index (χ3v) is 5.81. The minimum absolute atomic E-state index is 0.00535. The van der Waals surface area contributed by atoms with Gasteiger partial charge in [-0.3, -0.25) is 4.79 Å². The molecule has 0 aliphatic carbocycles. The van der Waals surface area contributed by atoms with Crippen molar-refractivity contribution in [1.29, 1.82) is 0 Å². The maximum atomic E-state index is 13.7. The molecular weight excluding hydrogens is 359 g/mol. The van der Waals surface area contributed by atoms with Crippen LogP contribution in [0.25, 0.3) is 0 Å². The Morgan fingerprint density at radius 1 is 1.14 bits per heavy atom. The maximum Gasteiger partial charge on any atom is 0.252 e. The fourth-order valence-corrected chi connectivity index (χ4v) is 4.21. The van der Waals surface area contributed by atoms with Crippen molar-refractivity contribution < 1.29 is 18.7 Å². The minimum Gasteiger partial charge on any atom is -0.497 e. The van der Waals surface area contributed by atoms with Gasteiger partial charge in [-0.15, -0.1) is 0 Å². The molecule has 6 heteroatoms. The van der Waals surface area contributed by atoms with Crippen LogP contribution in [0.3, 0.4) is 0 Å². The Hall–Kier alpha value is -2.60. The van der Waals surface area contributed by atoms with E-state index in [4.69, 9.17) is 9.47 Å². The van der Waals surface area contributed by atoms with Crippen LogP contribution in [0.15, 0.2) is 42.5 Å². The molecule has 0 radical (unpaired) electrons. The third-order valence-electron chi connectivity index (χ3n) is 5.81. The third kappa shape index (κ3) is 3.69. The molecule has 5 nitrogen and oxygen atoms in total. The van der Waals surface area contributed by atoms with Crippen molar-refractivity contribution in [2.75, 3.05) is 26.9 Å². The first-order chi connectivity index (χ1) is 13.7. The molecule has 1 amide bonds. The van der Waals surface area contributed by atoms with Crippen LogP contribution in [0.1, 0.15) is 33.8 Å². The van der Waals surface area contributed by atoms with Crippen LogP contribution < -0.4 is 20.1 Å². The topological polar surface area (TPSA) is 59.6 Å². The van der Waals surface area contributed by atoms with Gasteiger partial charge in [-0.1, -0.05) is 18.2 Å². The van der Waals surface area contributed by atoms with Gasteiger partial charge in [0.2, 0.25) is 0 Å². The largest absolute Gasteiger partial charge is 0.497 e. The van der Waals surface area contributed by atoms with Crippen molar-refractivity contribution in [3.8, 4) is 11.5 Å². The molecule has 3 atom stereocenters. The lowest BCUT2D eigenvalue weighted by Gasteiger charge is -2.38. The van der Waals surface area contributed by atoms with E-state index in [1.807, 2.05) is 24.3 Å². The molecule has 1 fully saturated rings. The second-order valence-corrected chi connectivity index (χ2v) is 7.36. The Kier molecular flexibility index (Phi) is 5.48. The van der Waals surface area contributed by atoms with Gasteiger partial charge in [0, 0.05) is 24.1 Å². The van der Waals surface area contributed by atoms with Gasteiger partial charge in [-0.25, -0.2) is 4.39 Å². The summed E-state index contributed by atoms with van der Waals surface area (Å²) in [7, 11) is 1.65. The number of alkyl halides is 1. The number of fused-ring (bicyclic) bond motifs is 1. The molecule has 0 bridgehead atoms. The van der Waals surface area contributed by atoms with E-state index in [1.54, 1.807) is 13.2 Å². The van der Waals surface area contributed by atoms with E-state index in [0.717, 1.165) is 24.3 Å². The summed E-state index contributed by atoms with van der Waals surface area (Å²) in [5, 5.41) is 6.09. The smallest absolute Gasteiger partial charge is 0.252 e. The molecule has 0 aromatic heterocycles. The minimum atomic E-state index is -0.437. The molecule has 1 saturated heterocycles. The van der Waals surface area contributed by atoms with E-state index in [1.165, 1.54) is 5.56 Å². The molecule has 2 aromatic rings. The van der Waals surface area contributed by atoms with Gasteiger partial charge in [0.25, 0.3) is 5.91 Å². The van der Waals surface area contributed by atoms with Crippen molar-refractivity contribution >= 4 is 5.91 Å². The fraction of sp³-hybridized carbons (Fsp3) is 0.409. The SMILES string of the molecule is COc1ccc([C@@H]2CCN[C@H](CF)[C@H]2COc2ccc3c(c2)C(=O)NC3)cc1. The normalized spacial score (nSPS) is 23.8. The standard InChI is InChI=1S/C22H25FN2O3/c1-27-16-5-2-14(3-6-16)18-8-9-24-21(11-23)20(18)13-28-17-7-4-15-12-25-22(26)19(15)10-17/h2-7,10,18,20-21,24H,8-9,11-13H2,1H3,(H,25,26)/t18-,20-,21+/m0/s1. The van der Waals surface area contributed by atoms with Gasteiger partial charge in [0.05, 0.1) is 13.7 Å². The number of benzene rings is 2. The zero-order valence-electron chi connectivity index (χ0n) is 15.9. The first kappa shape index (κ1) is 18.7. The molecule has 2 heterocycles. The molecule has 4 rings (SSSR count).